The average molecular weight is 296 g/mol. The van der Waals surface area contributed by atoms with Crippen LogP contribution in [0.2, 0.25) is 5.02 Å². The van der Waals surface area contributed by atoms with E-state index in [2.05, 4.69) is 0 Å². The Kier molecular flexibility index (Phi) is 4.12. The summed E-state index contributed by atoms with van der Waals surface area (Å²) in [4.78, 5) is 13.1. The van der Waals surface area contributed by atoms with Gasteiger partial charge in [0, 0.05) is 9.90 Å². The predicted octanol–water partition coefficient (Wildman–Crippen LogP) is 4.00. The van der Waals surface area contributed by atoms with Crippen LogP contribution >= 0.6 is 22.9 Å². The minimum absolute atomic E-state index is 0.398. The van der Waals surface area contributed by atoms with Crippen molar-refractivity contribution in [3.63, 3.8) is 0 Å². The number of nitrogens with two attached hydrogens (primary N) is 1. The third kappa shape index (κ3) is 2.60. The Balaban J connectivity index is 2.60. The number of carbonyl (C=O) groups excluding carboxylic acids is 1. The molecular weight excluding hydrogens is 282 g/mol. The van der Waals surface area contributed by atoms with Crippen LogP contribution in [0.25, 0.3) is 10.4 Å². The lowest BCUT2D eigenvalue weighted by Gasteiger charge is -2.03. The van der Waals surface area contributed by atoms with Crippen LogP contribution in [0.1, 0.15) is 22.2 Å². The van der Waals surface area contributed by atoms with Crippen LogP contribution in [0, 0.1) is 0 Å². The van der Waals surface area contributed by atoms with Gasteiger partial charge >= 0.3 is 5.97 Å². The minimum Gasteiger partial charge on any atom is -0.465 e. The van der Waals surface area contributed by atoms with Crippen molar-refractivity contribution in [3.8, 4) is 10.4 Å². The molecule has 0 bridgehead atoms. The lowest BCUT2D eigenvalue weighted by atomic mass is 10.1. The number of hydrogen-bond donors (Lipinski definition) is 1. The van der Waals surface area contributed by atoms with Crippen LogP contribution < -0.4 is 5.73 Å². The highest BCUT2D eigenvalue weighted by Crippen LogP contribution is 2.39. The first-order valence-electron chi connectivity index (χ1n) is 5.83. The Morgan fingerprint density at radius 1 is 1.47 bits per heavy atom. The van der Waals surface area contributed by atoms with Gasteiger partial charge in [0.2, 0.25) is 0 Å². The molecule has 0 aliphatic heterocycles. The maximum Gasteiger partial charge on any atom is 0.350 e. The number of rotatable bonds is 3. The Hall–Kier alpha value is -1.52. The molecule has 0 radical (unpaired) electrons. The molecule has 1 aromatic heterocycles. The molecule has 5 heteroatoms. The quantitative estimate of drug-likeness (QED) is 0.871. The molecule has 1 heterocycles. The van der Waals surface area contributed by atoms with Gasteiger partial charge in [0.25, 0.3) is 0 Å². The monoisotopic (exact) mass is 295 g/mol. The van der Waals surface area contributed by atoms with Gasteiger partial charge in [-0.25, -0.2) is 4.79 Å². The van der Waals surface area contributed by atoms with Gasteiger partial charge in [-0.05, 0) is 29.7 Å². The molecule has 0 atom stereocenters. The lowest BCUT2D eigenvalue weighted by molar-refractivity contribution is 0.0607. The second-order valence-corrected chi connectivity index (χ2v) is 5.47. The lowest BCUT2D eigenvalue weighted by Crippen LogP contribution is -2.02. The van der Waals surface area contributed by atoms with Crippen molar-refractivity contribution in [2.75, 3.05) is 12.8 Å². The van der Waals surface area contributed by atoms with E-state index in [1.165, 1.54) is 18.4 Å². The summed E-state index contributed by atoms with van der Waals surface area (Å²) < 4.78 is 4.75. The predicted molar refractivity (Wildman–Crippen MR) is 79.9 cm³/mol. The SMILES string of the molecule is CCc1c(-c2cccc(Cl)c2)sc(C(=O)OC)c1N. The summed E-state index contributed by atoms with van der Waals surface area (Å²) in [6, 6.07) is 7.52. The number of methoxy groups -OCH3 is 1. The van der Waals surface area contributed by atoms with Crippen molar-refractivity contribution in [2.24, 2.45) is 0 Å². The first-order valence-corrected chi connectivity index (χ1v) is 7.03. The Bertz CT molecular complexity index is 622. The second-order valence-electron chi connectivity index (χ2n) is 4.01. The zero-order valence-corrected chi connectivity index (χ0v) is 12.3. The average Bonchev–Trinajstić information content (AvgIpc) is 2.75. The van der Waals surface area contributed by atoms with E-state index in [9.17, 15) is 4.79 Å². The minimum atomic E-state index is -0.398. The Morgan fingerprint density at radius 2 is 2.21 bits per heavy atom. The van der Waals surface area contributed by atoms with E-state index in [-0.39, 0.29) is 0 Å². The smallest absolute Gasteiger partial charge is 0.350 e. The first-order chi connectivity index (χ1) is 9.08. The highest BCUT2D eigenvalue weighted by molar-refractivity contribution is 7.18. The molecular formula is C14H14ClNO2S. The highest BCUT2D eigenvalue weighted by atomic mass is 35.5. The third-order valence-corrected chi connectivity index (χ3v) is 4.37. The van der Waals surface area contributed by atoms with Crippen molar-refractivity contribution in [1.29, 1.82) is 0 Å². The summed E-state index contributed by atoms with van der Waals surface area (Å²) >= 11 is 7.36. The fourth-order valence-corrected chi connectivity index (χ4v) is 3.35. The largest absolute Gasteiger partial charge is 0.465 e. The van der Waals surface area contributed by atoms with E-state index in [0.717, 1.165) is 22.4 Å². The normalized spacial score (nSPS) is 10.5. The van der Waals surface area contributed by atoms with E-state index in [4.69, 9.17) is 22.1 Å². The van der Waals surface area contributed by atoms with Gasteiger partial charge in [-0.1, -0.05) is 30.7 Å². The molecule has 0 aliphatic rings. The van der Waals surface area contributed by atoms with Gasteiger partial charge in [-0.15, -0.1) is 11.3 Å². The molecule has 2 rings (SSSR count). The molecule has 0 unspecified atom stereocenters. The van der Waals surface area contributed by atoms with Crippen LogP contribution in [0.5, 0.6) is 0 Å². The Morgan fingerprint density at radius 3 is 2.79 bits per heavy atom. The Labute approximate surface area is 121 Å². The molecule has 0 amide bonds. The molecule has 3 nitrogen and oxygen atoms in total. The number of anilines is 1. The van der Waals surface area contributed by atoms with Gasteiger partial charge in [0.15, 0.2) is 0 Å². The summed E-state index contributed by atoms with van der Waals surface area (Å²) in [5.74, 6) is -0.398. The number of nitrogen functional groups attached to an aromatic ring is 1. The number of benzene rings is 1. The highest BCUT2D eigenvalue weighted by Gasteiger charge is 2.21. The fraction of sp³-hybridized carbons (Fsp3) is 0.214. The summed E-state index contributed by atoms with van der Waals surface area (Å²) in [6.45, 7) is 2.01. The van der Waals surface area contributed by atoms with E-state index < -0.39 is 5.97 Å². The fourth-order valence-electron chi connectivity index (χ4n) is 1.94. The summed E-state index contributed by atoms with van der Waals surface area (Å²) in [6.07, 6.45) is 0.751. The second kappa shape index (κ2) is 5.63. The summed E-state index contributed by atoms with van der Waals surface area (Å²) in [5, 5.41) is 0.658. The topological polar surface area (TPSA) is 52.3 Å². The molecule has 100 valence electrons. The van der Waals surface area contributed by atoms with Crippen LogP contribution in [-0.2, 0) is 11.2 Å². The molecule has 0 spiro atoms. The molecule has 1 aromatic carbocycles. The summed E-state index contributed by atoms with van der Waals surface area (Å²) in [7, 11) is 1.35. The number of ether oxygens (including phenoxy) is 1. The van der Waals surface area contributed by atoms with Gasteiger partial charge < -0.3 is 10.5 Å². The number of hydrogen-bond acceptors (Lipinski definition) is 4. The van der Waals surface area contributed by atoms with Gasteiger partial charge in [-0.2, -0.15) is 0 Å². The zero-order valence-electron chi connectivity index (χ0n) is 10.7. The van der Waals surface area contributed by atoms with Crippen molar-refractivity contribution in [3.05, 3.63) is 39.7 Å². The number of carbonyl (C=O) groups is 1. The van der Waals surface area contributed by atoms with Gasteiger partial charge in [0.1, 0.15) is 4.88 Å². The van der Waals surface area contributed by atoms with E-state index in [1.54, 1.807) is 0 Å². The van der Waals surface area contributed by atoms with Crippen molar-refractivity contribution in [2.45, 2.75) is 13.3 Å². The molecule has 2 N–H and O–H groups in total. The number of halogens is 1. The molecule has 0 fully saturated rings. The maximum absolute atomic E-state index is 11.7. The van der Waals surface area contributed by atoms with Gasteiger partial charge in [-0.3, -0.25) is 0 Å². The van der Waals surface area contributed by atoms with Gasteiger partial charge in [0.05, 0.1) is 12.8 Å². The van der Waals surface area contributed by atoms with Crippen LogP contribution in [0.15, 0.2) is 24.3 Å². The molecule has 0 saturated heterocycles. The molecule has 0 aliphatic carbocycles. The maximum atomic E-state index is 11.7. The van der Waals surface area contributed by atoms with Crippen molar-refractivity contribution < 1.29 is 9.53 Å². The molecule has 2 aromatic rings. The van der Waals surface area contributed by atoms with Crippen molar-refractivity contribution >= 4 is 34.6 Å². The number of thiophene rings is 1. The molecule has 0 saturated carbocycles. The van der Waals surface area contributed by atoms with Crippen LogP contribution in [0.4, 0.5) is 5.69 Å². The third-order valence-electron chi connectivity index (χ3n) is 2.86. The first kappa shape index (κ1) is 13.9. The number of esters is 1. The van der Waals surface area contributed by atoms with E-state index in [0.29, 0.717) is 15.6 Å². The molecule has 19 heavy (non-hydrogen) atoms. The summed E-state index contributed by atoms with van der Waals surface area (Å²) in [5.41, 5.74) is 8.49. The van der Waals surface area contributed by atoms with Crippen LogP contribution in [-0.4, -0.2) is 13.1 Å². The van der Waals surface area contributed by atoms with Crippen molar-refractivity contribution in [1.82, 2.24) is 0 Å². The van der Waals surface area contributed by atoms with E-state index in [1.807, 2.05) is 31.2 Å². The van der Waals surface area contributed by atoms with E-state index >= 15 is 0 Å². The zero-order chi connectivity index (χ0) is 14.0. The van der Waals surface area contributed by atoms with Crippen LogP contribution in [0.3, 0.4) is 0 Å². The standard InChI is InChI=1S/C14H14ClNO2S/c1-3-10-11(16)13(14(17)18-2)19-12(10)8-5-4-6-9(15)7-8/h4-7H,3,16H2,1-2H3.